The Hall–Kier alpha value is -4.07. The molecular formula is C21H18N4O4. The molecule has 0 fully saturated rings. The second-order valence-electron chi connectivity index (χ2n) is 6.41. The summed E-state index contributed by atoms with van der Waals surface area (Å²) in [6, 6.07) is 16.3. The molecule has 0 bridgehead atoms. The fourth-order valence-electron chi connectivity index (χ4n) is 3.08. The first kappa shape index (κ1) is 18.3. The molecule has 4 rings (SSSR count). The molecule has 0 unspecified atom stereocenters. The Kier molecular flexibility index (Phi) is 4.74. The van der Waals surface area contributed by atoms with Crippen LogP contribution in [0.25, 0.3) is 11.0 Å². The summed E-state index contributed by atoms with van der Waals surface area (Å²) < 4.78 is 6.68. The summed E-state index contributed by atoms with van der Waals surface area (Å²) in [5, 5.41) is 17.7. The first-order valence-electron chi connectivity index (χ1n) is 8.87. The Balaban J connectivity index is 1.69. The minimum Gasteiger partial charge on any atom is -0.506 e. The van der Waals surface area contributed by atoms with E-state index in [1.165, 1.54) is 13.3 Å². The first-order chi connectivity index (χ1) is 14.1. The lowest BCUT2D eigenvalue weighted by Crippen LogP contribution is -2.24. The predicted molar refractivity (Wildman–Crippen MR) is 109 cm³/mol. The predicted octanol–water partition coefficient (Wildman–Crippen LogP) is 2.74. The number of aromatic amines is 1. The molecule has 4 aromatic rings. The summed E-state index contributed by atoms with van der Waals surface area (Å²) in [5.41, 5.74) is 0.685. The molecule has 2 aromatic heterocycles. The van der Waals surface area contributed by atoms with E-state index < -0.39 is 17.2 Å². The van der Waals surface area contributed by atoms with Gasteiger partial charge in [-0.2, -0.15) is 5.10 Å². The molecule has 29 heavy (non-hydrogen) atoms. The third-order valence-corrected chi connectivity index (χ3v) is 4.52. The SMILES string of the molecule is COc1cccc(NC(=O)c2c(O)c3cnn(Cc4ccccc4)c3[nH]c2=O)c1. The number of amides is 1. The number of aromatic hydroxyl groups is 1. The number of methoxy groups -OCH3 is 1. The summed E-state index contributed by atoms with van der Waals surface area (Å²) >= 11 is 0. The highest BCUT2D eigenvalue weighted by Gasteiger charge is 2.21. The van der Waals surface area contributed by atoms with Gasteiger partial charge >= 0.3 is 0 Å². The van der Waals surface area contributed by atoms with Crippen LogP contribution in [0, 0.1) is 0 Å². The van der Waals surface area contributed by atoms with E-state index in [1.807, 2.05) is 30.3 Å². The number of ether oxygens (including phenoxy) is 1. The fraction of sp³-hybridized carbons (Fsp3) is 0.0952. The van der Waals surface area contributed by atoms with Gasteiger partial charge in [-0.3, -0.25) is 9.59 Å². The second-order valence-corrected chi connectivity index (χ2v) is 6.41. The van der Waals surface area contributed by atoms with E-state index in [0.717, 1.165) is 5.56 Å². The second kappa shape index (κ2) is 7.51. The van der Waals surface area contributed by atoms with Gasteiger partial charge in [0, 0.05) is 11.8 Å². The van der Waals surface area contributed by atoms with E-state index in [9.17, 15) is 14.7 Å². The number of carbonyl (C=O) groups is 1. The molecule has 146 valence electrons. The monoisotopic (exact) mass is 390 g/mol. The largest absolute Gasteiger partial charge is 0.506 e. The summed E-state index contributed by atoms with van der Waals surface area (Å²) in [6.07, 6.45) is 1.42. The standard InChI is InChI=1S/C21H18N4O4/c1-29-15-9-5-8-14(10-15)23-20(27)17-18(26)16-11-22-25(19(16)24-21(17)28)12-13-6-3-2-4-7-13/h2-11H,12H2,1H3,(H,23,27)(H2,24,26,28). The van der Waals surface area contributed by atoms with Crippen LogP contribution in [-0.4, -0.2) is 32.9 Å². The maximum atomic E-state index is 12.6. The number of nitrogens with zero attached hydrogens (tertiary/aromatic N) is 2. The molecule has 2 aromatic carbocycles. The van der Waals surface area contributed by atoms with E-state index in [4.69, 9.17) is 4.74 Å². The number of carbonyl (C=O) groups excluding carboxylic acids is 1. The van der Waals surface area contributed by atoms with Crippen molar-refractivity contribution in [3.05, 3.63) is 82.3 Å². The van der Waals surface area contributed by atoms with Gasteiger partial charge in [0.2, 0.25) is 0 Å². The lowest BCUT2D eigenvalue weighted by atomic mass is 10.2. The zero-order valence-corrected chi connectivity index (χ0v) is 15.5. The van der Waals surface area contributed by atoms with Crippen LogP contribution >= 0.6 is 0 Å². The zero-order valence-electron chi connectivity index (χ0n) is 15.5. The molecule has 8 heteroatoms. The van der Waals surface area contributed by atoms with Gasteiger partial charge in [0.25, 0.3) is 11.5 Å². The highest BCUT2D eigenvalue weighted by Crippen LogP contribution is 2.26. The van der Waals surface area contributed by atoms with Crippen molar-refractivity contribution in [1.29, 1.82) is 0 Å². The molecule has 0 atom stereocenters. The number of nitrogens with one attached hydrogen (secondary N) is 2. The normalized spacial score (nSPS) is 10.8. The molecule has 8 nitrogen and oxygen atoms in total. The van der Waals surface area contributed by atoms with Crippen LogP contribution in [-0.2, 0) is 6.54 Å². The van der Waals surface area contributed by atoms with Crippen molar-refractivity contribution in [2.45, 2.75) is 6.54 Å². The number of hydrogen-bond acceptors (Lipinski definition) is 5. The van der Waals surface area contributed by atoms with Crippen molar-refractivity contribution in [2.24, 2.45) is 0 Å². The third-order valence-electron chi connectivity index (χ3n) is 4.52. The van der Waals surface area contributed by atoms with Gasteiger partial charge in [-0.1, -0.05) is 36.4 Å². The number of benzene rings is 2. The van der Waals surface area contributed by atoms with Gasteiger partial charge in [0.15, 0.2) is 0 Å². The summed E-state index contributed by atoms with van der Waals surface area (Å²) in [6.45, 7) is 0.412. The zero-order chi connectivity index (χ0) is 20.4. The Morgan fingerprint density at radius 2 is 2.00 bits per heavy atom. The highest BCUT2D eigenvalue weighted by atomic mass is 16.5. The van der Waals surface area contributed by atoms with E-state index in [0.29, 0.717) is 23.6 Å². The summed E-state index contributed by atoms with van der Waals surface area (Å²) in [5.74, 6) is -0.586. The van der Waals surface area contributed by atoms with Crippen LogP contribution in [0.5, 0.6) is 11.5 Å². The molecule has 0 aliphatic carbocycles. The first-order valence-corrected chi connectivity index (χ1v) is 8.87. The lowest BCUT2D eigenvalue weighted by Gasteiger charge is -2.09. The Bertz CT molecular complexity index is 1240. The van der Waals surface area contributed by atoms with E-state index in [1.54, 1.807) is 28.9 Å². The van der Waals surface area contributed by atoms with E-state index in [-0.39, 0.29) is 10.9 Å². The Labute approximate surface area is 165 Å². The fourth-order valence-corrected chi connectivity index (χ4v) is 3.08. The molecule has 0 saturated carbocycles. The van der Waals surface area contributed by atoms with Gasteiger partial charge in [0.05, 0.1) is 25.2 Å². The van der Waals surface area contributed by atoms with Crippen LogP contribution < -0.4 is 15.6 Å². The third kappa shape index (κ3) is 3.55. The summed E-state index contributed by atoms with van der Waals surface area (Å²) in [7, 11) is 1.51. The number of fused-ring (bicyclic) bond motifs is 1. The lowest BCUT2D eigenvalue weighted by molar-refractivity contribution is 0.102. The minimum atomic E-state index is -0.727. The Morgan fingerprint density at radius 3 is 2.76 bits per heavy atom. The van der Waals surface area contributed by atoms with E-state index in [2.05, 4.69) is 15.4 Å². The molecule has 0 radical (unpaired) electrons. The van der Waals surface area contributed by atoms with Crippen molar-refractivity contribution in [3.63, 3.8) is 0 Å². The van der Waals surface area contributed by atoms with Crippen molar-refractivity contribution in [3.8, 4) is 11.5 Å². The van der Waals surface area contributed by atoms with Crippen LogP contribution in [0.1, 0.15) is 15.9 Å². The number of hydrogen-bond donors (Lipinski definition) is 3. The average molecular weight is 390 g/mol. The smallest absolute Gasteiger partial charge is 0.266 e. The van der Waals surface area contributed by atoms with E-state index >= 15 is 0 Å². The molecule has 0 saturated heterocycles. The number of H-pyrrole nitrogens is 1. The topological polar surface area (TPSA) is 109 Å². The van der Waals surface area contributed by atoms with Gasteiger partial charge < -0.3 is 20.1 Å². The van der Waals surface area contributed by atoms with Gasteiger partial charge in [0.1, 0.15) is 22.7 Å². The number of rotatable bonds is 5. The molecule has 0 aliphatic rings. The van der Waals surface area contributed by atoms with Crippen molar-refractivity contribution in [1.82, 2.24) is 14.8 Å². The maximum Gasteiger partial charge on any atom is 0.266 e. The van der Waals surface area contributed by atoms with Crippen molar-refractivity contribution < 1.29 is 14.6 Å². The minimum absolute atomic E-state index is 0.288. The van der Waals surface area contributed by atoms with Crippen LogP contribution in [0.2, 0.25) is 0 Å². The quantitative estimate of drug-likeness (QED) is 0.485. The van der Waals surface area contributed by atoms with Crippen LogP contribution in [0.3, 0.4) is 0 Å². The van der Waals surface area contributed by atoms with Gasteiger partial charge in [-0.05, 0) is 17.7 Å². The Morgan fingerprint density at radius 1 is 1.21 bits per heavy atom. The molecular weight excluding hydrogens is 372 g/mol. The van der Waals surface area contributed by atoms with Crippen molar-refractivity contribution in [2.75, 3.05) is 12.4 Å². The number of anilines is 1. The molecule has 0 aliphatic heterocycles. The molecule has 0 spiro atoms. The van der Waals surface area contributed by atoms with Gasteiger partial charge in [-0.15, -0.1) is 0 Å². The molecule has 3 N–H and O–H groups in total. The number of pyridine rings is 1. The number of aromatic nitrogens is 3. The molecule has 1 amide bonds. The maximum absolute atomic E-state index is 12.6. The van der Waals surface area contributed by atoms with Crippen molar-refractivity contribution >= 4 is 22.6 Å². The van der Waals surface area contributed by atoms with Crippen LogP contribution in [0.4, 0.5) is 5.69 Å². The van der Waals surface area contributed by atoms with Gasteiger partial charge in [-0.25, -0.2) is 4.68 Å². The highest BCUT2D eigenvalue weighted by molar-refractivity contribution is 6.08. The molecule has 2 heterocycles. The average Bonchev–Trinajstić information content (AvgIpc) is 3.11. The summed E-state index contributed by atoms with van der Waals surface area (Å²) in [4.78, 5) is 27.9. The van der Waals surface area contributed by atoms with Crippen LogP contribution in [0.15, 0.2) is 65.6 Å².